The Kier molecular flexibility index (Phi) is 7.97. The summed E-state index contributed by atoms with van der Waals surface area (Å²) in [4.78, 5) is 44.9. The molecule has 0 bridgehead atoms. The molecule has 2 amide bonds. The van der Waals surface area contributed by atoms with Crippen LogP contribution in [-0.4, -0.2) is 44.0 Å². The summed E-state index contributed by atoms with van der Waals surface area (Å²) < 4.78 is 9.37. The van der Waals surface area contributed by atoms with Gasteiger partial charge in [-0.1, -0.05) is 12.1 Å². The fourth-order valence-corrected chi connectivity index (χ4v) is 1.69. The van der Waals surface area contributed by atoms with Crippen molar-refractivity contribution in [1.29, 1.82) is 0 Å². The summed E-state index contributed by atoms with van der Waals surface area (Å²) in [5.41, 5.74) is 1.20. The van der Waals surface area contributed by atoms with Gasteiger partial charge in [0.2, 0.25) is 5.91 Å². The van der Waals surface area contributed by atoms with Crippen LogP contribution in [0.25, 0.3) is 0 Å². The monoisotopic (exact) mass is 336 g/mol. The molecule has 0 saturated heterocycles. The highest BCUT2D eigenvalue weighted by Crippen LogP contribution is 2.05. The molecular weight excluding hydrogens is 316 g/mol. The molecule has 8 heteroatoms. The number of hydrogen-bond acceptors (Lipinski definition) is 6. The fourth-order valence-electron chi connectivity index (χ4n) is 1.69. The Morgan fingerprint density at radius 2 is 1.71 bits per heavy atom. The van der Waals surface area contributed by atoms with Gasteiger partial charge in [0.05, 0.1) is 19.1 Å². The van der Waals surface area contributed by atoms with Crippen molar-refractivity contribution in [2.75, 3.05) is 20.3 Å². The summed E-state index contributed by atoms with van der Waals surface area (Å²) in [5.74, 6) is -1.68. The van der Waals surface area contributed by atoms with Crippen LogP contribution in [0.3, 0.4) is 0 Å². The van der Waals surface area contributed by atoms with E-state index in [-0.39, 0.29) is 32.0 Å². The van der Waals surface area contributed by atoms with E-state index in [1.54, 1.807) is 24.3 Å². The predicted molar refractivity (Wildman–Crippen MR) is 83.9 cm³/mol. The van der Waals surface area contributed by atoms with Crippen molar-refractivity contribution in [3.05, 3.63) is 35.4 Å². The van der Waals surface area contributed by atoms with Crippen molar-refractivity contribution in [3.8, 4) is 0 Å². The SMILES string of the molecule is COC(=O)c1ccc(CNC(=O)COC(=O)CCNC(C)=O)cc1. The van der Waals surface area contributed by atoms with Crippen LogP contribution < -0.4 is 10.6 Å². The Bertz CT molecular complexity index is 597. The number of nitrogens with one attached hydrogen (secondary N) is 2. The van der Waals surface area contributed by atoms with Crippen molar-refractivity contribution in [2.24, 2.45) is 0 Å². The van der Waals surface area contributed by atoms with Crippen LogP contribution in [0, 0.1) is 0 Å². The van der Waals surface area contributed by atoms with Crippen LogP contribution >= 0.6 is 0 Å². The highest BCUT2D eigenvalue weighted by atomic mass is 16.5. The third-order valence-electron chi connectivity index (χ3n) is 2.93. The highest BCUT2D eigenvalue weighted by Gasteiger charge is 2.08. The van der Waals surface area contributed by atoms with Gasteiger partial charge < -0.3 is 20.1 Å². The maximum absolute atomic E-state index is 11.6. The second-order valence-electron chi connectivity index (χ2n) is 4.86. The van der Waals surface area contributed by atoms with E-state index < -0.39 is 17.8 Å². The average molecular weight is 336 g/mol. The van der Waals surface area contributed by atoms with E-state index in [0.717, 1.165) is 5.56 Å². The van der Waals surface area contributed by atoms with Crippen molar-refractivity contribution in [3.63, 3.8) is 0 Å². The maximum Gasteiger partial charge on any atom is 0.337 e. The van der Waals surface area contributed by atoms with Gasteiger partial charge in [0, 0.05) is 20.0 Å². The molecule has 0 fully saturated rings. The molecule has 0 atom stereocenters. The van der Waals surface area contributed by atoms with E-state index >= 15 is 0 Å². The summed E-state index contributed by atoms with van der Waals surface area (Å²) in [7, 11) is 1.30. The molecule has 2 N–H and O–H groups in total. The summed E-state index contributed by atoms with van der Waals surface area (Å²) in [6.45, 7) is 1.36. The minimum absolute atomic E-state index is 0.00184. The quantitative estimate of drug-likeness (QED) is 0.654. The Morgan fingerprint density at radius 3 is 2.29 bits per heavy atom. The van der Waals surface area contributed by atoms with E-state index in [9.17, 15) is 19.2 Å². The molecule has 0 aliphatic carbocycles. The van der Waals surface area contributed by atoms with E-state index in [4.69, 9.17) is 4.74 Å². The smallest absolute Gasteiger partial charge is 0.337 e. The summed E-state index contributed by atoms with van der Waals surface area (Å²) in [6.07, 6.45) is 0.00184. The van der Waals surface area contributed by atoms with E-state index in [1.165, 1.54) is 14.0 Å². The third kappa shape index (κ3) is 7.39. The fraction of sp³-hybridized carbons (Fsp3) is 0.375. The van der Waals surface area contributed by atoms with Crippen LogP contribution in [0.5, 0.6) is 0 Å². The van der Waals surface area contributed by atoms with Crippen LogP contribution in [0.4, 0.5) is 0 Å². The summed E-state index contributed by atoms with van der Waals surface area (Å²) in [6, 6.07) is 6.56. The van der Waals surface area contributed by atoms with Gasteiger partial charge in [-0.15, -0.1) is 0 Å². The number of methoxy groups -OCH3 is 1. The molecule has 1 aromatic rings. The molecule has 0 heterocycles. The molecule has 8 nitrogen and oxygen atoms in total. The molecular formula is C16H20N2O6. The number of ether oxygens (including phenoxy) is 2. The molecule has 24 heavy (non-hydrogen) atoms. The van der Waals surface area contributed by atoms with Gasteiger partial charge in [-0.2, -0.15) is 0 Å². The lowest BCUT2D eigenvalue weighted by Crippen LogP contribution is -2.29. The molecule has 0 aliphatic heterocycles. The van der Waals surface area contributed by atoms with Gasteiger partial charge in [-0.05, 0) is 17.7 Å². The Balaban J connectivity index is 2.27. The summed E-state index contributed by atoms with van der Waals surface area (Å²) in [5, 5.41) is 5.04. The van der Waals surface area contributed by atoms with Crippen LogP contribution in [0.1, 0.15) is 29.3 Å². The first kappa shape index (κ1) is 19.1. The maximum atomic E-state index is 11.6. The molecule has 0 unspecified atom stereocenters. The number of esters is 2. The second kappa shape index (κ2) is 9.98. The lowest BCUT2D eigenvalue weighted by molar-refractivity contribution is -0.148. The number of rotatable bonds is 8. The van der Waals surface area contributed by atoms with Gasteiger partial charge in [-0.3, -0.25) is 14.4 Å². The van der Waals surface area contributed by atoms with Gasteiger partial charge in [0.15, 0.2) is 6.61 Å². The van der Waals surface area contributed by atoms with Gasteiger partial charge in [-0.25, -0.2) is 4.79 Å². The Morgan fingerprint density at radius 1 is 1.04 bits per heavy atom. The zero-order chi connectivity index (χ0) is 17.9. The third-order valence-corrected chi connectivity index (χ3v) is 2.93. The van der Waals surface area contributed by atoms with Crippen molar-refractivity contribution in [2.45, 2.75) is 19.9 Å². The number of carbonyl (C=O) groups is 4. The first-order valence-corrected chi connectivity index (χ1v) is 7.26. The molecule has 0 aliphatic rings. The van der Waals surface area contributed by atoms with Gasteiger partial charge >= 0.3 is 11.9 Å². The lowest BCUT2D eigenvalue weighted by atomic mass is 10.1. The van der Waals surface area contributed by atoms with Crippen LogP contribution in [0.2, 0.25) is 0 Å². The zero-order valence-electron chi connectivity index (χ0n) is 13.6. The summed E-state index contributed by atoms with van der Waals surface area (Å²) >= 11 is 0. The minimum Gasteiger partial charge on any atom is -0.465 e. The highest BCUT2D eigenvalue weighted by molar-refractivity contribution is 5.89. The van der Waals surface area contributed by atoms with E-state index in [0.29, 0.717) is 5.56 Å². The first-order chi connectivity index (χ1) is 11.4. The largest absolute Gasteiger partial charge is 0.465 e. The number of amides is 2. The first-order valence-electron chi connectivity index (χ1n) is 7.26. The van der Waals surface area contributed by atoms with E-state index in [2.05, 4.69) is 15.4 Å². The topological polar surface area (TPSA) is 111 Å². The zero-order valence-corrected chi connectivity index (χ0v) is 13.6. The lowest BCUT2D eigenvalue weighted by Gasteiger charge is -2.07. The van der Waals surface area contributed by atoms with Gasteiger partial charge in [0.25, 0.3) is 5.91 Å². The van der Waals surface area contributed by atoms with E-state index in [1.807, 2.05) is 0 Å². The van der Waals surface area contributed by atoms with Crippen molar-refractivity contribution >= 4 is 23.8 Å². The van der Waals surface area contributed by atoms with Gasteiger partial charge in [0.1, 0.15) is 0 Å². The molecule has 130 valence electrons. The second-order valence-corrected chi connectivity index (χ2v) is 4.86. The standard InChI is InChI=1S/C16H20N2O6/c1-11(19)17-8-7-15(21)24-10-14(20)18-9-12-3-5-13(6-4-12)16(22)23-2/h3-6H,7-10H2,1-2H3,(H,17,19)(H,18,20). The molecule has 1 rings (SSSR count). The van der Waals surface area contributed by atoms with Crippen molar-refractivity contribution in [1.82, 2.24) is 10.6 Å². The van der Waals surface area contributed by atoms with Crippen LogP contribution in [-0.2, 0) is 30.4 Å². The average Bonchev–Trinajstić information content (AvgIpc) is 2.57. The molecule has 0 radical (unpaired) electrons. The molecule has 1 aromatic carbocycles. The predicted octanol–water partition coefficient (Wildman–Crippen LogP) is 0.159. The Hall–Kier alpha value is -2.90. The normalized spacial score (nSPS) is 9.75. The molecule has 0 saturated carbocycles. The number of carbonyl (C=O) groups excluding carboxylic acids is 4. The minimum atomic E-state index is -0.568. The number of hydrogen-bond donors (Lipinski definition) is 2. The Labute approximate surface area is 139 Å². The van der Waals surface area contributed by atoms with Crippen LogP contribution in [0.15, 0.2) is 24.3 Å². The molecule has 0 spiro atoms. The molecule has 0 aromatic heterocycles. The van der Waals surface area contributed by atoms with Crippen molar-refractivity contribution < 1.29 is 28.7 Å². The number of benzene rings is 1.